The van der Waals surface area contributed by atoms with Crippen LogP contribution in [-0.4, -0.2) is 40.2 Å². The summed E-state index contributed by atoms with van der Waals surface area (Å²) < 4.78 is 25.5. The molecule has 3 rings (SSSR count). The predicted octanol–water partition coefficient (Wildman–Crippen LogP) is 3.24. The van der Waals surface area contributed by atoms with Crippen LogP contribution in [-0.2, 0) is 25.7 Å². The van der Waals surface area contributed by atoms with E-state index in [0.717, 1.165) is 10.5 Å². The van der Waals surface area contributed by atoms with Gasteiger partial charge in [0.2, 0.25) is 5.67 Å². The van der Waals surface area contributed by atoms with Crippen molar-refractivity contribution >= 4 is 18.0 Å². The molecular weight excluding hydrogens is 353 g/mol. The lowest BCUT2D eigenvalue weighted by molar-refractivity contribution is -0.151. The van der Waals surface area contributed by atoms with Gasteiger partial charge in [-0.25, -0.2) is 14.1 Å². The van der Waals surface area contributed by atoms with Crippen molar-refractivity contribution in [3.05, 3.63) is 35.9 Å². The maximum atomic E-state index is 15.1. The van der Waals surface area contributed by atoms with Gasteiger partial charge < -0.3 is 9.47 Å². The number of halogens is 1. The summed E-state index contributed by atoms with van der Waals surface area (Å²) >= 11 is 0. The number of carbonyl (C=O) groups excluding carboxylic acids is 3. The third-order valence-corrected chi connectivity index (χ3v) is 5.15. The molecule has 0 unspecified atom stereocenters. The number of carbonyl (C=O) groups is 3. The van der Waals surface area contributed by atoms with Gasteiger partial charge in [0.15, 0.2) is 0 Å². The minimum atomic E-state index is -2.42. The SMILES string of the molecule is CC(C)[C@@H]1N(C(=O)[C@]2(F)C[C@@H]2C(=O)OCc2ccccc2)C(=O)OC1(C)C. The Hall–Kier alpha value is -2.44. The van der Waals surface area contributed by atoms with E-state index in [1.54, 1.807) is 38.1 Å². The molecule has 0 spiro atoms. The maximum absolute atomic E-state index is 15.1. The normalized spacial score (nSPS) is 28.8. The molecule has 1 heterocycles. The highest BCUT2D eigenvalue weighted by atomic mass is 19.1. The van der Waals surface area contributed by atoms with E-state index >= 15 is 4.39 Å². The molecular formula is C20H24FNO5. The fraction of sp³-hybridized carbons (Fsp3) is 0.550. The van der Waals surface area contributed by atoms with E-state index in [9.17, 15) is 14.4 Å². The molecule has 2 aliphatic rings. The number of hydrogen-bond donors (Lipinski definition) is 0. The van der Waals surface area contributed by atoms with E-state index < -0.39 is 41.2 Å². The van der Waals surface area contributed by atoms with E-state index in [-0.39, 0.29) is 18.9 Å². The number of alkyl halides is 1. The van der Waals surface area contributed by atoms with Crippen molar-refractivity contribution in [2.45, 2.75) is 58.0 Å². The molecule has 2 amide bonds. The minimum absolute atomic E-state index is 0.00779. The molecule has 1 aromatic carbocycles. The first-order chi connectivity index (χ1) is 12.6. The van der Waals surface area contributed by atoms with Gasteiger partial charge in [-0.1, -0.05) is 44.2 Å². The van der Waals surface area contributed by atoms with Crippen LogP contribution >= 0.6 is 0 Å². The highest BCUT2D eigenvalue weighted by molar-refractivity contribution is 6.04. The van der Waals surface area contributed by atoms with Crippen molar-refractivity contribution < 1.29 is 28.2 Å². The van der Waals surface area contributed by atoms with Crippen LogP contribution < -0.4 is 0 Å². The monoisotopic (exact) mass is 377 g/mol. The Morgan fingerprint density at radius 1 is 1.30 bits per heavy atom. The fourth-order valence-electron chi connectivity index (χ4n) is 3.84. The van der Waals surface area contributed by atoms with E-state index in [1.165, 1.54) is 0 Å². The van der Waals surface area contributed by atoms with Crippen LogP contribution in [0.4, 0.5) is 9.18 Å². The van der Waals surface area contributed by atoms with Crippen LogP contribution in [0.25, 0.3) is 0 Å². The van der Waals surface area contributed by atoms with Crippen LogP contribution in [0.5, 0.6) is 0 Å². The molecule has 27 heavy (non-hydrogen) atoms. The zero-order chi connectivity index (χ0) is 20.0. The average molecular weight is 377 g/mol. The topological polar surface area (TPSA) is 72.9 Å². The molecule has 2 fully saturated rings. The lowest BCUT2D eigenvalue weighted by Gasteiger charge is -2.31. The smallest absolute Gasteiger partial charge is 0.417 e. The third kappa shape index (κ3) is 3.42. The molecule has 3 atom stereocenters. The van der Waals surface area contributed by atoms with Crippen molar-refractivity contribution in [2.75, 3.05) is 0 Å². The summed E-state index contributed by atoms with van der Waals surface area (Å²) in [6.07, 6.45) is -1.15. The second-order valence-electron chi connectivity index (χ2n) is 8.05. The first-order valence-corrected chi connectivity index (χ1v) is 9.04. The molecule has 6 nitrogen and oxygen atoms in total. The van der Waals surface area contributed by atoms with Gasteiger partial charge in [-0.05, 0) is 25.3 Å². The Bertz CT molecular complexity index is 763. The first-order valence-electron chi connectivity index (χ1n) is 9.04. The van der Waals surface area contributed by atoms with Gasteiger partial charge in [0.25, 0.3) is 5.91 Å². The van der Waals surface area contributed by atoms with E-state index in [2.05, 4.69) is 0 Å². The highest BCUT2D eigenvalue weighted by Gasteiger charge is 2.70. The Morgan fingerprint density at radius 3 is 2.52 bits per heavy atom. The lowest BCUT2D eigenvalue weighted by Crippen LogP contribution is -2.51. The van der Waals surface area contributed by atoms with Gasteiger partial charge in [0, 0.05) is 6.42 Å². The molecule has 0 aromatic heterocycles. The van der Waals surface area contributed by atoms with Crippen LogP contribution in [0.2, 0.25) is 0 Å². The number of ether oxygens (including phenoxy) is 2. The molecule has 7 heteroatoms. The Balaban J connectivity index is 1.68. The molecule has 0 bridgehead atoms. The van der Waals surface area contributed by atoms with Crippen LogP contribution in [0.1, 0.15) is 39.7 Å². The maximum Gasteiger partial charge on any atom is 0.417 e. The number of esters is 1. The summed E-state index contributed by atoms with van der Waals surface area (Å²) in [6, 6.07) is 8.39. The highest BCUT2D eigenvalue weighted by Crippen LogP contribution is 2.51. The Morgan fingerprint density at radius 2 is 1.93 bits per heavy atom. The van der Waals surface area contributed by atoms with Crippen LogP contribution in [0.15, 0.2) is 30.3 Å². The van der Waals surface area contributed by atoms with Gasteiger partial charge >= 0.3 is 12.1 Å². The summed E-state index contributed by atoms with van der Waals surface area (Å²) in [5.41, 5.74) is -2.57. The average Bonchev–Trinajstić information content (AvgIpc) is 3.22. The summed E-state index contributed by atoms with van der Waals surface area (Å²) in [4.78, 5) is 38.0. The Labute approximate surface area is 157 Å². The quantitative estimate of drug-likeness (QED) is 0.737. The number of imide groups is 1. The molecule has 0 N–H and O–H groups in total. The molecule has 0 radical (unpaired) electrons. The van der Waals surface area contributed by atoms with Gasteiger partial charge in [-0.3, -0.25) is 9.59 Å². The minimum Gasteiger partial charge on any atom is -0.460 e. The van der Waals surface area contributed by atoms with Crippen LogP contribution in [0, 0.1) is 11.8 Å². The summed E-state index contributed by atoms with van der Waals surface area (Å²) in [5.74, 6) is -3.11. The second kappa shape index (κ2) is 6.62. The number of cyclic esters (lactones) is 1. The number of hydrogen-bond acceptors (Lipinski definition) is 5. The van der Waals surface area contributed by atoms with Crippen molar-refractivity contribution in [1.29, 1.82) is 0 Å². The molecule has 1 saturated carbocycles. The lowest BCUT2D eigenvalue weighted by atomic mass is 9.88. The zero-order valence-electron chi connectivity index (χ0n) is 15.9. The fourth-order valence-corrected chi connectivity index (χ4v) is 3.84. The van der Waals surface area contributed by atoms with Gasteiger partial charge in [-0.2, -0.15) is 0 Å². The summed E-state index contributed by atoms with van der Waals surface area (Å²) in [7, 11) is 0. The second-order valence-corrected chi connectivity index (χ2v) is 8.05. The molecule has 1 aliphatic carbocycles. The van der Waals surface area contributed by atoms with Gasteiger partial charge in [-0.15, -0.1) is 0 Å². The molecule has 1 aromatic rings. The largest absolute Gasteiger partial charge is 0.460 e. The van der Waals surface area contributed by atoms with Crippen LogP contribution in [0.3, 0.4) is 0 Å². The third-order valence-electron chi connectivity index (χ3n) is 5.15. The first kappa shape index (κ1) is 19.3. The molecule has 146 valence electrons. The van der Waals surface area contributed by atoms with E-state index in [4.69, 9.17) is 9.47 Å². The summed E-state index contributed by atoms with van der Waals surface area (Å²) in [6.45, 7) is 7.04. The van der Waals surface area contributed by atoms with Crippen molar-refractivity contribution in [2.24, 2.45) is 11.8 Å². The molecule has 1 saturated heterocycles. The standard InChI is InChI=1S/C20H24FNO5/c1-12(2)15-19(3,4)27-18(25)22(15)17(24)20(21)10-14(20)16(23)26-11-13-8-6-5-7-9-13/h5-9,12,14-15H,10-11H2,1-4H3/t14-,15+,20+/m1/s1. The van der Waals surface area contributed by atoms with Crippen molar-refractivity contribution in [3.63, 3.8) is 0 Å². The number of amides is 2. The number of rotatable bonds is 5. The van der Waals surface area contributed by atoms with Crippen molar-refractivity contribution in [3.8, 4) is 0 Å². The predicted molar refractivity (Wildman–Crippen MR) is 94.2 cm³/mol. The van der Waals surface area contributed by atoms with E-state index in [1.807, 2.05) is 19.9 Å². The van der Waals surface area contributed by atoms with Crippen molar-refractivity contribution in [1.82, 2.24) is 4.90 Å². The number of benzene rings is 1. The number of nitrogens with zero attached hydrogens (tertiary/aromatic N) is 1. The van der Waals surface area contributed by atoms with Gasteiger partial charge in [0.1, 0.15) is 18.1 Å². The Kier molecular flexibility index (Phi) is 4.74. The molecule has 1 aliphatic heterocycles. The zero-order valence-corrected chi connectivity index (χ0v) is 15.9. The van der Waals surface area contributed by atoms with E-state index in [0.29, 0.717) is 0 Å². The summed E-state index contributed by atoms with van der Waals surface area (Å²) in [5, 5.41) is 0. The van der Waals surface area contributed by atoms with Gasteiger partial charge in [0.05, 0.1) is 6.04 Å².